The second-order valence-corrected chi connectivity index (χ2v) is 6.60. The van der Waals surface area contributed by atoms with Crippen molar-refractivity contribution in [3.8, 4) is 5.88 Å². The van der Waals surface area contributed by atoms with Gasteiger partial charge < -0.3 is 15.0 Å². The van der Waals surface area contributed by atoms with Crippen molar-refractivity contribution in [2.24, 2.45) is 0 Å². The third-order valence-electron chi connectivity index (χ3n) is 4.42. The Kier molecular flexibility index (Phi) is 4.88. The minimum atomic E-state index is -0.0931. The lowest BCUT2D eigenvalue weighted by Gasteiger charge is -2.18. The molecule has 2 heterocycles. The van der Waals surface area contributed by atoms with E-state index in [1.807, 2.05) is 45.0 Å². The molecule has 1 saturated heterocycles. The van der Waals surface area contributed by atoms with Gasteiger partial charge in [-0.25, -0.2) is 9.78 Å². The molecule has 6 heteroatoms. The number of benzene rings is 1. The number of hydrogen-bond acceptors (Lipinski definition) is 4. The number of nitrogens with one attached hydrogen (secondary N) is 1. The van der Waals surface area contributed by atoms with Crippen molar-refractivity contribution in [1.29, 1.82) is 0 Å². The van der Waals surface area contributed by atoms with E-state index in [1.165, 1.54) is 5.56 Å². The van der Waals surface area contributed by atoms with Crippen LogP contribution in [0.15, 0.2) is 24.3 Å². The van der Waals surface area contributed by atoms with Gasteiger partial charge in [0.1, 0.15) is 11.9 Å². The summed E-state index contributed by atoms with van der Waals surface area (Å²) in [6, 6.07) is 7.66. The second kappa shape index (κ2) is 7.09. The van der Waals surface area contributed by atoms with Crippen LogP contribution in [-0.4, -0.2) is 40.1 Å². The number of nitrogens with zero attached hydrogens (tertiary/aromatic N) is 3. The maximum Gasteiger partial charge on any atom is 0.321 e. The number of likely N-dealkylation sites (tertiary alicyclic amines) is 1. The lowest BCUT2D eigenvalue weighted by atomic mass is 10.1. The van der Waals surface area contributed by atoms with Crippen LogP contribution in [-0.2, 0) is 0 Å². The molecule has 3 rings (SSSR count). The number of rotatable bonds is 3. The highest BCUT2D eigenvalue weighted by Gasteiger charge is 2.28. The summed E-state index contributed by atoms with van der Waals surface area (Å²) in [6.07, 6.45) is 0.752. The standard InChI is InChI=1S/C19H24N4O2/c1-12-5-6-16(9-13(12)2)22-19(24)23-8-7-17(11-23)25-18-10-14(3)20-15(4)21-18/h5-6,9-10,17H,7-8,11H2,1-4H3,(H,22,24)/t17-/m1/s1. The number of carbonyl (C=O) groups excluding carboxylic acids is 1. The summed E-state index contributed by atoms with van der Waals surface area (Å²) in [6.45, 7) is 9.08. The zero-order valence-electron chi connectivity index (χ0n) is 15.2. The SMILES string of the molecule is Cc1cc(O[C@@H]2CCN(C(=O)Nc3ccc(C)c(C)c3)C2)nc(C)n1. The quantitative estimate of drug-likeness (QED) is 0.930. The monoisotopic (exact) mass is 340 g/mol. The van der Waals surface area contributed by atoms with Crippen molar-refractivity contribution in [2.75, 3.05) is 18.4 Å². The van der Waals surface area contributed by atoms with Gasteiger partial charge in [-0.1, -0.05) is 6.07 Å². The van der Waals surface area contributed by atoms with Gasteiger partial charge in [-0.05, 0) is 51.0 Å². The molecule has 0 radical (unpaired) electrons. The number of aromatic nitrogens is 2. The molecule has 25 heavy (non-hydrogen) atoms. The van der Waals surface area contributed by atoms with Gasteiger partial charge in [-0.3, -0.25) is 0 Å². The molecular formula is C19H24N4O2. The predicted molar refractivity (Wildman–Crippen MR) is 97.0 cm³/mol. The minimum Gasteiger partial charge on any atom is -0.472 e. The van der Waals surface area contributed by atoms with E-state index in [0.717, 1.165) is 23.4 Å². The number of aryl methyl sites for hydroxylation is 4. The fraction of sp³-hybridized carbons (Fsp3) is 0.421. The van der Waals surface area contributed by atoms with Crippen molar-refractivity contribution < 1.29 is 9.53 Å². The number of anilines is 1. The van der Waals surface area contributed by atoms with Crippen molar-refractivity contribution in [2.45, 2.75) is 40.2 Å². The maximum absolute atomic E-state index is 12.5. The van der Waals surface area contributed by atoms with E-state index in [2.05, 4.69) is 22.2 Å². The third-order valence-corrected chi connectivity index (χ3v) is 4.42. The van der Waals surface area contributed by atoms with Crippen molar-refractivity contribution in [3.05, 3.63) is 46.9 Å². The van der Waals surface area contributed by atoms with E-state index in [-0.39, 0.29) is 12.1 Å². The number of amides is 2. The Labute approximate surface area is 148 Å². The van der Waals surface area contributed by atoms with Gasteiger partial charge in [0.05, 0.1) is 6.54 Å². The molecule has 0 spiro atoms. The summed E-state index contributed by atoms with van der Waals surface area (Å²) in [5, 5.41) is 2.96. The third kappa shape index (κ3) is 4.26. The zero-order valence-corrected chi connectivity index (χ0v) is 15.2. The van der Waals surface area contributed by atoms with Crippen LogP contribution < -0.4 is 10.1 Å². The van der Waals surface area contributed by atoms with Crippen LogP contribution in [0.2, 0.25) is 0 Å². The van der Waals surface area contributed by atoms with E-state index in [0.29, 0.717) is 24.8 Å². The van der Waals surface area contributed by atoms with Crippen LogP contribution in [0.25, 0.3) is 0 Å². The number of carbonyl (C=O) groups is 1. The van der Waals surface area contributed by atoms with Crippen molar-refractivity contribution in [1.82, 2.24) is 14.9 Å². The van der Waals surface area contributed by atoms with Crippen LogP contribution in [0.3, 0.4) is 0 Å². The average molecular weight is 340 g/mol. The summed E-state index contributed by atoms with van der Waals surface area (Å²) in [7, 11) is 0. The largest absolute Gasteiger partial charge is 0.472 e. The summed E-state index contributed by atoms with van der Waals surface area (Å²) in [4.78, 5) is 22.8. The Morgan fingerprint density at radius 3 is 2.68 bits per heavy atom. The van der Waals surface area contributed by atoms with Gasteiger partial charge in [0.15, 0.2) is 0 Å². The van der Waals surface area contributed by atoms with E-state index in [4.69, 9.17) is 4.74 Å². The first-order valence-corrected chi connectivity index (χ1v) is 8.53. The van der Waals surface area contributed by atoms with Gasteiger partial charge in [0, 0.05) is 30.4 Å². The molecule has 2 amide bonds. The lowest BCUT2D eigenvalue weighted by molar-refractivity contribution is 0.189. The molecule has 1 fully saturated rings. The van der Waals surface area contributed by atoms with Gasteiger partial charge in [0.2, 0.25) is 5.88 Å². The number of urea groups is 1. The maximum atomic E-state index is 12.5. The lowest BCUT2D eigenvalue weighted by Crippen LogP contribution is -2.34. The molecule has 132 valence electrons. The van der Waals surface area contributed by atoms with Crippen LogP contribution in [0.1, 0.15) is 29.1 Å². The normalized spacial score (nSPS) is 16.8. The van der Waals surface area contributed by atoms with E-state index in [1.54, 1.807) is 4.90 Å². The van der Waals surface area contributed by atoms with Gasteiger partial charge in [-0.2, -0.15) is 4.98 Å². The van der Waals surface area contributed by atoms with Gasteiger partial charge in [-0.15, -0.1) is 0 Å². The minimum absolute atomic E-state index is 0.0424. The fourth-order valence-electron chi connectivity index (χ4n) is 2.94. The second-order valence-electron chi connectivity index (χ2n) is 6.60. The molecule has 1 aliphatic heterocycles. The fourth-order valence-corrected chi connectivity index (χ4v) is 2.94. The zero-order chi connectivity index (χ0) is 18.0. The highest BCUT2D eigenvalue weighted by Crippen LogP contribution is 2.19. The average Bonchev–Trinajstić information content (AvgIpc) is 2.98. The molecule has 0 saturated carbocycles. The number of hydrogen-bond donors (Lipinski definition) is 1. The highest BCUT2D eigenvalue weighted by molar-refractivity contribution is 5.89. The Morgan fingerprint density at radius 1 is 1.16 bits per heavy atom. The Bertz CT molecular complexity index is 771. The summed E-state index contributed by atoms with van der Waals surface area (Å²) in [5.74, 6) is 1.27. The summed E-state index contributed by atoms with van der Waals surface area (Å²) < 4.78 is 5.93. The summed E-state index contributed by atoms with van der Waals surface area (Å²) >= 11 is 0. The molecule has 1 N–H and O–H groups in total. The van der Waals surface area contributed by atoms with E-state index in [9.17, 15) is 4.79 Å². The first-order chi connectivity index (χ1) is 11.9. The Balaban J connectivity index is 1.58. The van der Waals surface area contributed by atoms with Gasteiger partial charge >= 0.3 is 6.03 Å². The molecule has 1 aliphatic rings. The van der Waals surface area contributed by atoms with Crippen LogP contribution in [0.5, 0.6) is 5.88 Å². The molecule has 1 aromatic carbocycles. The van der Waals surface area contributed by atoms with Crippen LogP contribution in [0.4, 0.5) is 10.5 Å². The Morgan fingerprint density at radius 2 is 1.96 bits per heavy atom. The molecule has 0 bridgehead atoms. The van der Waals surface area contributed by atoms with Crippen LogP contribution >= 0.6 is 0 Å². The molecule has 1 atom stereocenters. The predicted octanol–water partition coefficient (Wildman–Crippen LogP) is 3.40. The van der Waals surface area contributed by atoms with Crippen molar-refractivity contribution in [3.63, 3.8) is 0 Å². The van der Waals surface area contributed by atoms with E-state index < -0.39 is 0 Å². The topological polar surface area (TPSA) is 67.3 Å². The summed E-state index contributed by atoms with van der Waals surface area (Å²) in [5.41, 5.74) is 4.07. The first kappa shape index (κ1) is 17.2. The smallest absolute Gasteiger partial charge is 0.321 e. The molecule has 0 unspecified atom stereocenters. The molecule has 0 aliphatic carbocycles. The molecule has 1 aromatic heterocycles. The Hall–Kier alpha value is -2.63. The van der Waals surface area contributed by atoms with Crippen molar-refractivity contribution >= 4 is 11.7 Å². The first-order valence-electron chi connectivity index (χ1n) is 8.53. The molecule has 2 aromatic rings. The highest BCUT2D eigenvalue weighted by atomic mass is 16.5. The van der Waals surface area contributed by atoms with Crippen LogP contribution in [0, 0.1) is 27.7 Å². The van der Waals surface area contributed by atoms with Gasteiger partial charge in [0.25, 0.3) is 0 Å². The molecule has 6 nitrogen and oxygen atoms in total. The van der Waals surface area contributed by atoms with E-state index >= 15 is 0 Å². The number of ether oxygens (including phenoxy) is 1. The molecular weight excluding hydrogens is 316 g/mol.